The monoisotopic (exact) mass is 452 g/mol. The molecule has 1 amide bonds. The summed E-state index contributed by atoms with van der Waals surface area (Å²) in [6.45, 7) is 1.20. The number of hydrogen-bond donors (Lipinski definition) is 1. The van der Waals surface area contributed by atoms with Crippen molar-refractivity contribution in [2.45, 2.75) is 19.4 Å². The number of ketones is 1. The van der Waals surface area contributed by atoms with Crippen molar-refractivity contribution in [3.63, 3.8) is 0 Å². The number of halogens is 1. The van der Waals surface area contributed by atoms with Crippen LogP contribution in [0.25, 0.3) is 0 Å². The molecular weight excluding hydrogens is 432 g/mol. The van der Waals surface area contributed by atoms with E-state index in [1.165, 1.54) is 16.7 Å². The second kappa shape index (κ2) is 9.70. The van der Waals surface area contributed by atoms with Gasteiger partial charge in [-0.15, -0.1) is 0 Å². The first kappa shape index (κ1) is 21.6. The maximum absolute atomic E-state index is 12.5. The Kier molecular flexibility index (Phi) is 6.56. The molecule has 3 aromatic rings. The Morgan fingerprint density at radius 3 is 2.56 bits per heavy atom. The summed E-state index contributed by atoms with van der Waals surface area (Å²) in [6.07, 6.45) is 1.62. The highest BCUT2D eigenvalue weighted by Gasteiger charge is 2.16. The van der Waals surface area contributed by atoms with Gasteiger partial charge >= 0.3 is 0 Å². The SMILES string of the molecule is O=C(CCC(=O)c1ccc2c(c1)OCCO2)Nc1ccc(=O)n(Cc2ccccc2Cl)c1. The Morgan fingerprint density at radius 1 is 0.969 bits per heavy atom. The summed E-state index contributed by atoms with van der Waals surface area (Å²) >= 11 is 6.18. The third kappa shape index (κ3) is 5.18. The summed E-state index contributed by atoms with van der Waals surface area (Å²) in [6, 6.07) is 15.2. The molecule has 1 N–H and O–H groups in total. The third-order valence-electron chi connectivity index (χ3n) is 5.01. The fraction of sp³-hybridized carbons (Fsp3) is 0.208. The minimum atomic E-state index is -0.321. The number of nitrogens with one attached hydrogen (secondary N) is 1. The van der Waals surface area contributed by atoms with Crippen molar-refractivity contribution < 1.29 is 19.1 Å². The lowest BCUT2D eigenvalue weighted by molar-refractivity contribution is -0.116. The molecule has 0 saturated carbocycles. The van der Waals surface area contributed by atoms with Crippen LogP contribution in [0.1, 0.15) is 28.8 Å². The molecule has 2 heterocycles. The zero-order valence-corrected chi connectivity index (χ0v) is 17.9. The maximum Gasteiger partial charge on any atom is 0.250 e. The van der Waals surface area contributed by atoms with Crippen LogP contribution in [0.15, 0.2) is 65.6 Å². The largest absolute Gasteiger partial charge is 0.486 e. The second-order valence-electron chi connectivity index (χ2n) is 7.31. The van der Waals surface area contributed by atoms with Gasteiger partial charge in [-0.05, 0) is 35.9 Å². The number of Topliss-reactive ketones (excluding diaryl/α,β-unsaturated/α-hetero) is 1. The lowest BCUT2D eigenvalue weighted by Gasteiger charge is -2.18. The van der Waals surface area contributed by atoms with Crippen molar-refractivity contribution in [3.8, 4) is 11.5 Å². The van der Waals surface area contributed by atoms with E-state index in [2.05, 4.69) is 5.32 Å². The second-order valence-corrected chi connectivity index (χ2v) is 7.71. The number of aromatic nitrogens is 1. The smallest absolute Gasteiger partial charge is 0.250 e. The lowest BCUT2D eigenvalue weighted by Crippen LogP contribution is -2.21. The number of rotatable bonds is 7. The van der Waals surface area contributed by atoms with Gasteiger partial charge in [0, 0.05) is 35.7 Å². The number of amides is 1. The highest BCUT2D eigenvalue weighted by atomic mass is 35.5. The van der Waals surface area contributed by atoms with E-state index >= 15 is 0 Å². The average molecular weight is 453 g/mol. The van der Waals surface area contributed by atoms with Gasteiger partial charge in [0.25, 0.3) is 5.56 Å². The molecular formula is C24H21ClN2O5. The summed E-state index contributed by atoms with van der Waals surface area (Å²) in [5.41, 5.74) is 1.52. The first-order chi connectivity index (χ1) is 15.5. The van der Waals surface area contributed by atoms with Crippen LogP contribution in [-0.4, -0.2) is 29.5 Å². The number of fused-ring (bicyclic) bond motifs is 1. The number of hydrogen-bond acceptors (Lipinski definition) is 5. The van der Waals surface area contributed by atoms with Crippen LogP contribution in [0.5, 0.6) is 11.5 Å². The standard InChI is InChI=1S/C24H21ClN2O5/c25-19-4-2-1-3-17(19)14-27-15-18(6-10-24(27)30)26-23(29)9-7-20(28)16-5-8-21-22(13-16)32-12-11-31-21/h1-6,8,10,13,15H,7,9,11-12,14H2,(H,26,29). The van der Waals surface area contributed by atoms with E-state index in [4.69, 9.17) is 21.1 Å². The van der Waals surface area contributed by atoms with Gasteiger partial charge in [-0.1, -0.05) is 29.8 Å². The number of carbonyl (C=O) groups is 2. The molecule has 0 saturated heterocycles. The van der Waals surface area contributed by atoms with E-state index < -0.39 is 0 Å². The molecule has 0 radical (unpaired) electrons. The molecule has 0 bridgehead atoms. The van der Waals surface area contributed by atoms with Crippen molar-refractivity contribution >= 4 is 29.0 Å². The van der Waals surface area contributed by atoms with Crippen LogP contribution >= 0.6 is 11.6 Å². The maximum atomic E-state index is 12.5. The van der Waals surface area contributed by atoms with Crippen molar-refractivity contribution in [2.24, 2.45) is 0 Å². The normalized spacial score (nSPS) is 12.3. The predicted molar refractivity (Wildman–Crippen MR) is 121 cm³/mol. The lowest BCUT2D eigenvalue weighted by atomic mass is 10.1. The van der Waals surface area contributed by atoms with E-state index in [1.807, 2.05) is 18.2 Å². The Balaban J connectivity index is 1.36. The fourth-order valence-corrected chi connectivity index (χ4v) is 3.55. The molecule has 0 spiro atoms. The number of pyridine rings is 1. The van der Waals surface area contributed by atoms with Crippen LogP contribution in [0.3, 0.4) is 0 Å². The van der Waals surface area contributed by atoms with Crippen LogP contribution in [0, 0.1) is 0 Å². The van der Waals surface area contributed by atoms with Crippen LogP contribution in [0.4, 0.5) is 5.69 Å². The molecule has 7 nitrogen and oxygen atoms in total. The Labute approximate surface area is 189 Å². The van der Waals surface area contributed by atoms with Crippen LogP contribution < -0.4 is 20.3 Å². The summed E-state index contributed by atoms with van der Waals surface area (Å²) in [5, 5.41) is 3.30. The number of ether oxygens (including phenoxy) is 2. The predicted octanol–water partition coefficient (Wildman–Crippen LogP) is 3.92. The summed E-state index contributed by atoms with van der Waals surface area (Å²) in [7, 11) is 0. The van der Waals surface area contributed by atoms with E-state index in [0.717, 1.165) is 5.56 Å². The molecule has 32 heavy (non-hydrogen) atoms. The van der Waals surface area contributed by atoms with Gasteiger partial charge < -0.3 is 19.4 Å². The van der Waals surface area contributed by atoms with E-state index in [-0.39, 0.29) is 36.6 Å². The van der Waals surface area contributed by atoms with Gasteiger partial charge in [0.1, 0.15) is 13.2 Å². The van der Waals surface area contributed by atoms with Gasteiger partial charge in [-0.2, -0.15) is 0 Å². The van der Waals surface area contributed by atoms with E-state index in [1.54, 1.807) is 30.5 Å². The first-order valence-electron chi connectivity index (χ1n) is 10.2. The van der Waals surface area contributed by atoms with Crippen molar-refractivity contribution in [1.29, 1.82) is 0 Å². The highest BCUT2D eigenvalue weighted by Crippen LogP contribution is 2.31. The Bertz CT molecular complexity index is 1220. The van der Waals surface area contributed by atoms with Gasteiger partial charge in [0.2, 0.25) is 5.91 Å². The molecule has 4 rings (SSSR count). The van der Waals surface area contributed by atoms with E-state index in [9.17, 15) is 14.4 Å². The molecule has 0 atom stereocenters. The molecule has 0 fully saturated rings. The molecule has 2 aromatic carbocycles. The average Bonchev–Trinajstić information content (AvgIpc) is 2.80. The molecule has 0 aliphatic carbocycles. The third-order valence-corrected chi connectivity index (χ3v) is 5.38. The molecule has 1 aromatic heterocycles. The zero-order valence-electron chi connectivity index (χ0n) is 17.2. The topological polar surface area (TPSA) is 86.6 Å². The zero-order chi connectivity index (χ0) is 22.5. The van der Waals surface area contributed by atoms with Gasteiger partial charge in [0.15, 0.2) is 17.3 Å². The van der Waals surface area contributed by atoms with Gasteiger partial charge in [0.05, 0.1) is 12.2 Å². The minimum absolute atomic E-state index is 0.0108. The van der Waals surface area contributed by atoms with Crippen molar-refractivity contribution in [3.05, 3.63) is 87.3 Å². The van der Waals surface area contributed by atoms with Crippen LogP contribution in [0.2, 0.25) is 5.02 Å². The first-order valence-corrected chi connectivity index (χ1v) is 10.5. The van der Waals surface area contributed by atoms with Gasteiger partial charge in [-0.25, -0.2) is 0 Å². The highest BCUT2D eigenvalue weighted by molar-refractivity contribution is 6.31. The molecule has 8 heteroatoms. The summed E-state index contributed by atoms with van der Waals surface area (Å²) < 4.78 is 12.4. The van der Waals surface area contributed by atoms with E-state index in [0.29, 0.717) is 41.0 Å². The fourth-order valence-electron chi connectivity index (χ4n) is 3.35. The quantitative estimate of drug-likeness (QED) is 0.549. The molecule has 0 unspecified atom stereocenters. The number of carbonyl (C=O) groups excluding carboxylic acids is 2. The number of anilines is 1. The summed E-state index contributed by atoms with van der Waals surface area (Å²) in [4.78, 5) is 37.1. The Morgan fingerprint density at radius 2 is 1.75 bits per heavy atom. The molecule has 164 valence electrons. The summed E-state index contributed by atoms with van der Waals surface area (Å²) in [5.74, 6) is 0.657. The Hall–Kier alpha value is -3.58. The van der Waals surface area contributed by atoms with Crippen molar-refractivity contribution in [1.82, 2.24) is 4.57 Å². The van der Waals surface area contributed by atoms with Gasteiger partial charge in [-0.3, -0.25) is 14.4 Å². The minimum Gasteiger partial charge on any atom is -0.486 e. The number of benzene rings is 2. The molecule has 1 aliphatic rings. The van der Waals surface area contributed by atoms with Crippen molar-refractivity contribution in [2.75, 3.05) is 18.5 Å². The van der Waals surface area contributed by atoms with Crippen LogP contribution in [-0.2, 0) is 11.3 Å². The number of nitrogens with zero attached hydrogens (tertiary/aromatic N) is 1. The molecule has 1 aliphatic heterocycles.